The lowest BCUT2D eigenvalue weighted by molar-refractivity contribution is -0.115. The quantitative estimate of drug-likeness (QED) is 0.152. The second-order valence-electron chi connectivity index (χ2n) is 9.49. The number of aromatic carboxylic acids is 2. The second-order valence-corrected chi connectivity index (χ2v) is 11.9. The maximum atomic E-state index is 13.4. The molecule has 0 radical (unpaired) electrons. The van der Waals surface area contributed by atoms with Crippen LogP contribution < -0.4 is 10.6 Å². The number of amides is 2. The van der Waals surface area contributed by atoms with Crippen LogP contribution in [0.3, 0.4) is 0 Å². The first-order valence-corrected chi connectivity index (χ1v) is 15.1. The fourth-order valence-electron chi connectivity index (χ4n) is 4.65. The van der Waals surface area contributed by atoms with Crippen LogP contribution >= 0.6 is 23.1 Å². The molecule has 1 aliphatic rings. The minimum atomic E-state index is -1.43. The van der Waals surface area contributed by atoms with Crippen LogP contribution in [0.1, 0.15) is 85.0 Å². The SMILES string of the molecule is CCOC(=O)c1c(NC(=O)C(CC)Sc2cccc(NC(=O)c3ccc(C(=O)O)cc3C(=O)O)c2)sc2c1CCCC2. The van der Waals surface area contributed by atoms with E-state index in [9.17, 15) is 29.1 Å². The average molecular weight is 611 g/mol. The molecule has 4 rings (SSSR count). The molecule has 0 bridgehead atoms. The highest BCUT2D eigenvalue weighted by Gasteiger charge is 2.29. The molecular weight excluding hydrogens is 580 g/mol. The van der Waals surface area contributed by atoms with E-state index in [4.69, 9.17) is 9.84 Å². The molecule has 0 aliphatic heterocycles. The Morgan fingerprint density at radius 1 is 0.952 bits per heavy atom. The number of carbonyl (C=O) groups excluding carboxylic acids is 3. The molecule has 1 heterocycles. The number of aryl methyl sites for hydroxylation is 1. The van der Waals surface area contributed by atoms with Crippen molar-refractivity contribution in [1.29, 1.82) is 0 Å². The Morgan fingerprint density at radius 2 is 1.71 bits per heavy atom. The van der Waals surface area contributed by atoms with Gasteiger partial charge in [0.2, 0.25) is 5.91 Å². The number of fused-ring (bicyclic) bond motifs is 1. The highest BCUT2D eigenvalue weighted by atomic mass is 32.2. The lowest BCUT2D eigenvalue weighted by atomic mass is 9.95. The van der Waals surface area contributed by atoms with Crippen LogP contribution in [0.5, 0.6) is 0 Å². The molecule has 0 spiro atoms. The molecule has 2 aromatic carbocycles. The number of thioether (sulfide) groups is 1. The first-order valence-electron chi connectivity index (χ1n) is 13.4. The zero-order valence-corrected chi connectivity index (χ0v) is 24.7. The molecule has 1 aliphatic carbocycles. The number of hydrogen-bond acceptors (Lipinski definition) is 8. The predicted molar refractivity (Wildman–Crippen MR) is 160 cm³/mol. The fourth-order valence-corrected chi connectivity index (χ4v) is 6.94. The van der Waals surface area contributed by atoms with Crippen molar-refractivity contribution >= 4 is 63.5 Å². The number of carbonyl (C=O) groups is 5. The summed E-state index contributed by atoms with van der Waals surface area (Å²) >= 11 is 2.72. The van der Waals surface area contributed by atoms with Crippen molar-refractivity contribution in [3.63, 3.8) is 0 Å². The summed E-state index contributed by atoms with van der Waals surface area (Å²) < 4.78 is 5.29. The molecule has 10 nitrogen and oxygen atoms in total. The standard InChI is InChI=1S/C30H30N2O8S2/c1-3-22(26(34)32-27-24(30(39)40-4-2)20-10-5-6-11-23(20)42-27)41-18-9-7-8-17(15-18)31-25(33)19-13-12-16(28(35)36)14-21(19)29(37)38/h7-9,12-15,22H,3-6,10-11H2,1-2H3,(H,31,33)(H,32,34)(H,35,36)(H,37,38). The summed E-state index contributed by atoms with van der Waals surface area (Å²) in [5, 5.41) is 24.3. The smallest absolute Gasteiger partial charge is 0.341 e. The first-order chi connectivity index (χ1) is 20.1. The van der Waals surface area contributed by atoms with Gasteiger partial charge in [-0.2, -0.15) is 0 Å². The summed E-state index contributed by atoms with van der Waals surface area (Å²) in [5.74, 6) is -4.14. The van der Waals surface area contributed by atoms with Gasteiger partial charge in [-0.3, -0.25) is 9.59 Å². The van der Waals surface area contributed by atoms with E-state index in [1.165, 1.54) is 23.1 Å². The molecule has 0 saturated carbocycles. The number of rotatable bonds is 11. The zero-order chi connectivity index (χ0) is 30.4. The van der Waals surface area contributed by atoms with E-state index in [2.05, 4.69) is 10.6 Å². The van der Waals surface area contributed by atoms with Crippen molar-refractivity contribution in [2.24, 2.45) is 0 Å². The first kappa shape index (κ1) is 30.8. The summed E-state index contributed by atoms with van der Waals surface area (Å²) in [4.78, 5) is 63.7. The number of benzene rings is 2. The number of esters is 1. The average Bonchev–Trinajstić information content (AvgIpc) is 3.33. The van der Waals surface area contributed by atoms with Crippen LogP contribution in [0.25, 0.3) is 0 Å². The molecule has 0 saturated heterocycles. The molecular formula is C30H30N2O8S2. The highest BCUT2D eigenvalue weighted by Crippen LogP contribution is 2.39. The summed E-state index contributed by atoms with van der Waals surface area (Å²) in [6, 6.07) is 10.0. The number of ether oxygens (including phenoxy) is 1. The van der Waals surface area contributed by atoms with Crippen molar-refractivity contribution in [3.8, 4) is 0 Å². The molecule has 220 valence electrons. The largest absolute Gasteiger partial charge is 0.478 e. The van der Waals surface area contributed by atoms with Crippen LogP contribution in [-0.2, 0) is 22.4 Å². The Morgan fingerprint density at radius 3 is 2.40 bits per heavy atom. The van der Waals surface area contributed by atoms with Crippen molar-refractivity contribution in [3.05, 3.63) is 75.2 Å². The number of hydrogen-bond donors (Lipinski definition) is 4. The summed E-state index contributed by atoms with van der Waals surface area (Å²) in [7, 11) is 0. The maximum Gasteiger partial charge on any atom is 0.341 e. The third-order valence-electron chi connectivity index (χ3n) is 6.66. The maximum absolute atomic E-state index is 13.4. The number of carboxylic acids is 2. The summed E-state index contributed by atoms with van der Waals surface area (Å²) in [6.07, 6.45) is 4.15. The van der Waals surface area contributed by atoms with Crippen LogP contribution in [0.4, 0.5) is 10.7 Å². The van der Waals surface area contributed by atoms with E-state index in [1.807, 2.05) is 6.92 Å². The van der Waals surface area contributed by atoms with Gasteiger partial charge < -0.3 is 25.6 Å². The van der Waals surface area contributed by atoms with Gasteiger partial charge in [0.1, 0.15) is 5.00 Å². The van der Waals surface area contributed by atoms with E-state index in [-0.39, 0.29) is 23.6 Å². The minimum Gasteiger partial charge on any atom is -0.478 e. The van der Waals surface area contributed by atoms with Crippen LogP contribution in [-0.4, -0.2) is 51.8 Å². The van der Waals surface area contributed by atoms with Gasteiger partial charge in [-0.05, 0) is 81.0 Å². The van der Waals surface area contributed by atoms with Crippen molar-refractivity contribution in [2.75, 3.05) is 17.2 Å². The number of nitrogens with one attached hydrogen (secondary N) is 2. The molecule has 42 heavy (non-hydrogen) atoms. The molecule has 1 unspecified atom stereocenters. The third kappa shape index (κ3) is 7.00. The van der Waals surface area contributed by atoms with Crippen LogP contribution in [0.15, 0.2) is 47.4 Å². The topological polar surface area (TPSA) is 159 Å². The Labute approximate surface area is 250 Å². The van der Waals surface area contributed by atoms with Crippen molar-refractivity contribution in [2.45, 2.75) is 56.1 Å². The van der Waals surface area contributed by atoms with E-state index in [1.54, 1.807) is 31.2 Å². The zero-order valence-electron chi connectivity index (χ0n) is 23.0. The van der Waals surface area contributed by atoms with E-state index < -0.39 is 34.6 Å². The molecule has 1 aromatic heterocycles. The molecule has 12 heteroatoms. The molecule has 1 atom stereocenters. The Bertz CT molecular complexity index is 1550. The molecule has 2 amide bonds. The third-order valence-corrected chi connectivity index (χ3v) is 9.23. The predicted octanol–water partition coefficient (Wildman–Crippen LogP) is 5.96. The van der Waals surface area contributed by atoms with Gasteiger partial charge in [-0.25, -0.2) is 14.4 Å². The number of thiophene rings is 1. The van der Waals surface area contributed by atoms with Gasteiger partial charge in [0, 0.05) is 15.5 Å². The van der Waals surface area contributed by atoms with Gasteiger partial charge in [-0.15, -0.1) is 23.1 Å². The van der Waals surface area contributed by atoms with Crippen molar-refractivity contribution in [1.82, 2.24) is 0 Å². The van der Waals surface area contributed by atoms with Crippen molar-refractivity contribution < 1.29 is 38.9 Å². The van der Waals surface area contributed by atoms with Gasteiger partial charge in [0.25, 0.3) is 5.91 Å². The Hall–Kier alpha value is -4.16. The van der Waals surface area contributed by atoms with Gasteiger partial charge in [0.15, 0.2) is 0 Å². The summed E-state index contributed by atoms with van der Waals surface area (Å²) in [6.45, 7) is 3.86. The fraction of sp³-hybridized carbons (Fsp3) is 0.300. The van der Waals surface area contributed by atoms with E-state index in [0.29, 0.717) is 27.6 Å². The minimum absolute atomic E-state index is 0.188. The van der Waals surface area contributed by atoms with Crippen LogP contribution in [0.2, 0.25) is 0 Å². The molecule has 3 aromatic rings. The lowest BCUT2D eigenvalue weighted by Gasteiger charge is -2.16. The van der Waals surface area contributed by atoms with E-state index in [0.717, 1.165) is 54.3 Å². The van der Waals surface area contributed by atoms with Gasteiger partial charge >= 0.3 is 17.9 Å². The molecule has 4 N–H and O–H groups in total. The van der Waals surface area contributed by atoms with Gasteiger partial charge in [-0.1, -0.05) is 13.0 Å². The highest BCUT2D eigenvalue weighted by molar-refractivity contribution is 8.00. The monoisotopic (exact) mass is 610 g/mol. The summed E-state index contributed by atoms with van der Waals surface area (Å²) in [5.41, 5.74) is 0.919. The number of anilines is 2. The van der Waals surface area contributed by atoms with Gasteiger partial charge in [0.05, 0.1) is 34.1 Å². The normalized spacial score (nSPS) is 13.0. The number of carboxylic acid groups (broad SMARTS) is 2. The van der Waals surface area contributed by atoms with Crippen LogP contribution in [0, 0.1) is 0 Å². The lowest BCUT2D eigenvalue weighted by Crippen LogP contribution is -2.25. The van der Waals surface area contributed by atoms with E-state index >= 15 is 0 Å². The Balaban J connectivity index is 1.50. The Kier molecular flexibility index (Phi) is 10.0. The molecule has 0 fully saturated rings. The second kappa shape index (κ2) is 13.7.